The maximum atomic E-state index is 12.2. The van der Waals surface area contributed by atoms with Crippen molar-refractivity contribution in [3.63, 3.8) is 0 Å². The Kier molecular flexibility index (Phi) is 3.83. The summed E-state index contributed by atoms with van der Waals surface area (Å²) in [6.45, 7) is 0. The van der Waals surface area contributed by atoms with Gasteiger partial charge in [0.25, 0.3) is 5.91 Å². The predicted molar refractivity (Wildman–Crippen MR) is 85.7 cm³/mol. The molecule has 4 nitrogen and oxygen atoms in total. The Labute approximate surface area is 130 Å². The van der Waals surface area contributed by atoms with Gasteiger partial charge in [-0.3, -0.25) is 4.79 Å². The van der Waals surface area contributed by atoms with Crippen LogP contribution in [-0.4, -0.2) is 15.7 Å². The maximum Gasteiger partial charge on any atom is 0.255 e. The third-order valence-electron chi connectivity index (χ3n) is 2.98. The highest BCUT2D eigenvalue weighted by atomic mass is 79.9. The highest BCUT2D eigenvalue weighted by molar-refractivity contribution is 9.10. The fourth-order valence-corrected chi connectivity index (χ4v) is 2.36. The third kappa shape index (κ3) is 3.20. The van der Waals surface area contributed by atoms with Crippen LogP contribution in [0.25, 0.3) is 5.69 Å². The fraction of sp³-hybridized carbons (Fsp3) is 0. The summed E-state index contributed by atoms with van der Waals surface area (Å²) < 4.78 is 2.67. The molecule has 0 bridgehead atoms. The van der Waals surface area contributed by atoms with Crippen molar-refractivity contribution in [2.75, 3.05) is 5.32 Å². The molecule has 5 heteroatoms. The van der Waals surface area contributed by atoms with E-state index in [-0.39, 0.29) is 5.91 Å². The summed E-state index contributed by atoms with van der Waals surface area (Å²) in [5.41, 5.74) is 2.27. The van der Waals surface area contributed by atoms with Gasteiger partial charge < -0.3 is 5.32 Å². The summed E-state index contributed by atoms with van der Waals surface area (Å²) in [5.74, 6) is -0.139. The molecule has 0 atom stereocenters. The summed E-state index contributed by atoms with van der Waals surface area (Å²) in [6.07, 6.45) is 3.57. The van der Waals surface area contributed by atoms with Crippen molar-refractivity contribution >= 4 is 27.5 Å². The van der Waals surface area contributed by atoms with Crippen LogP contribution in [0.5, 0.6) is 0 Å². The van der Waals surface area contributed by atoms with Gasteiger partial charge in [0, 0.05) is 28.1 Å². The second-order valence-electron chi connectivity index (χ2n) is 4.46. The van der Waals surface area contributed by atoms with Crippen molar-refractivity contribution in [2.24, 2.45) is 0 Å². The lowest BCUT2D eigenvalue weighted by Gasteiger charge is -2.07. The van der Waals surface area contributed by atoms with Gasteiger partial charge in [0.15, 0.2) is 0 Å². The first-order valence-electron chi connectivity index (χ1n) is 6.39. The number of hydrogen-bond acceptors (Lipinski definition) is 2. The topological polar surface area (TPSA) is 46.9 Å². The number of anilines is 1. The van der Waals surface area contributed by atoms with E-state index in [0.29, 0.717) is 5.56 Å². The lowest BCUT2D eigenvalue weighted by molar-refractivity contribution is 0.102. The summed E-state index contributed by atoms with van der Waals surface area (Å²) in [4.78, 5) is 12.2. The maximum absolute atomic E-state index is 12.2. The molecule has 0 aliphatic carbocycles. The number of carbonyl (C=O) groups is 1. The van der Waals surface area contributed by atoms with E-state index in [2.05, 4.69) is 26.3 Å². The van der Waals surface area contributed by atoms with Gasteiger partial charge in [-0.05, 0) is 48.5 Å². The van der Waals surface area contributed by atoms with Crippen molar-refractivity contribution in [3.8, 4) is 5.69 Å². The first kappa shape index (κ1) is 13.6. The zero-order valence-electron chi connectivity index (χ0n) is 11.0. The van der Waals surface area contributed by atoms with Crippen LogP contribution >= 0.6 is 15.9 Å². The summed E-state index contributed by atoms with van der Waals surface area (Å²) >= 11 is 3.38. The van der Waals surface area contributed by atoms with E-state index in [9.17, 15) is 4.79 Å². The minimum atomic E-state index is -0.139. The van der Waals surface area contributed by atoms with Crippen molar-refractivity contribution in [1.29, 1.82) is 0 Å². The number of hydrogen-bond donors (Lipinski definition) is 1. The van der Waals surface area contributed by atoms with Gasteiger partial charge in [-0.25, -0.2) is 4.68 Å². The second-order valence-corrected chi connectivity index (χ2v) is 5.38. The van der Waals surface area contributed by atoms with E-state index < -0.39 is 0 Å². The first-order valence-corrected chi connectivity index (χ1v) is 7.19. The Morgan fingerprint density at radius 1 is 1.10 bits per heavy atom. The number of nitrogens with zero attached hydrogens (tertiary/aromatic N) is 2. The minimum absolute atomic E-state index is 0.139. The Morgan fingerprint density at radius 2 is 1.90 bits per heavy atom. The van der Waals surface area contributed by atoms with Gasteiger partial charge >= 0.3 is 0 Å². The van der Waals surface area contributed by atoms with Crippen LogP contribution in [0.3, 0.4) is 0 Å². The van der Waals surface area contributed by atoms with Gasteiger partial charge in [0.05, 0.1) is 5.69 Å². The zero-order valence-corrected chi connectivity index (χ0v) is 12.6. The second kappa shape index (κ2) is 5.93. The van der Waals surface area contributed by atoms with Crippen LogP contribution in [-0.2, 0) is 0 Å². The average molecular weight is 342 g/mol. The highest BCUT2D eigenvalue weighted by Crippen LogP contribution is 2.17. The Hall–Kier alpha value is -2.40. The monoisotopic (exact) mass is 341 g/mol. The SMILES string of the molecule is O=C(Nc1cccc(Br)c1)c1ccc(-n2cccn2)cc1. The largest absolute Gasteiger partial charge is 0.322 e. The van der Waals surface area contributed by atoms with E-state index in [1.165, 1.54) is 0 Å². The normalized spacial score (nSPS) is 10.3. The number of nitrogens with one attached hydrogen (secondary N) is 1. The average Bonchev–Trinajstić information content (AvgIpc) is 3.01. The number of amides is 1. The van der Waals surface area contributed by atoms with E-state index in [1.54, 1.807) is 23.0 Å². The molecule has 0 aliphatic heterocycles. The van der Waals surface area contributed by atoms with Crippen LogP contribution in [0.2, 0.25) is 0 Å². The van der Waals surface area contributed by atoms with Crippen molar-refractivity contribution < 1.29 is 4.79 Å². The Bertz CT molecular complexity index is 751. The molecule has 0 radical (unpaired) electrons. The summed E-state index contributed by atoms with van der Waals surface area (Å²) in [5, 5.41) is 7.01. The molecule has 0 saturated carbocycles. The first-order chi connectivity index (χ1) is 10.2. The molecular weight excluding hydrogens is 330 g/mol. The molecule has 1 aromatic heterocycles. The van der Waals surface area contributed by atoms with Crippen molar-refractivity contribution in [1.82, 2.24) is 9.78 Å². The molecule has 104 valence electrons. The van der Waals surface area contributed by atoms with Crippen LogP contribution in [0.15, 0.2) is 71.5 Å². The van der Waals surface area contributed by atoms with Gasteiger partial charge in [-0.15, -0.1) is 0 Å². The van der Waals surface area contributed by atoms with Crippen molar-refractivity contribution in [3.05, 3.63) is 77.0 Å². The molecule has 0 saturated heterocycles. The van der Waals surface area contributed by atoms with E-state index in [1.807, 2.05) is 48.7 Å². The molecule has 21 heavy (non-hydrogen) atoms. The highest BCUT2D eigenvalue weighted by Gasteiger charge is 2.06. The molecule has 1 amide bonds. The van der Waals surface area contributed by atoms with Gasteiger partial charge in [-0.2, -0.15) is 5.10 Å². The van der Waals surface area contributed by atoms with Crippen molar-refractivity contribution in [2.45, 2.75) is 0 Å². The molecule has 3 aromatic rings. The van der Waals surface area contributed by atoms with E-state index >= 15 is 0 Å². The zero-order chi connectivity index (χ0) is 14.7. The number of rotatable bonds is 3. The summed E-state index contributed by atoms with van der Waals surface area (Å²) in [7, 11) is 0. The molecule has 0 spiro atoms. The fourth-order valence-electron chi connectivity index (χ4n) is 1.96. The van der Waals surface area contributed by atoms with Crippen LogP contribution in [0, 0.1) is 0 Å². The molecule has 1 heterocycles. The quantitative estimate of drug-likeness (QED) is 0.785. The summed E-state index contributed by atoms with van der Waals surface area (Å²) in [6, 6.07) is 16.6. The van der Waals surface area contributed by atoms with Crippen LogP contribution < -0.4 is 5.32 Å². The Morgan fingerprint density at radius 3 is 2.57 bits per heavy atom. The molecule has 0 aliphatic rings. The standard InChI is InChI=1S/C16H12BrN3O/c17-13-3-1-4-14(11-13)19-16(21)12-5-7-15(8-6-12)20-10-2-9-18-20/h1-11H,(H,19,21). The smallest absolute Gasteiger partial charge is 0.255 e. The minimum Gasteiger partial charge on any atom is -0.322 e. The molecule has 1 N–H and O–H groups in total. The third-order valence-corrected chi connectivity index (χ3v) is 3.47. The number of aromatic nitrogens is 2. The lowest BCUT2D eigenvalue weighted by atomic mass is 10.2. The predicted octanol–water partition coefficient (Wildman–Crippen LogP) is 3.89. The van der Waals surface area contributed by atoms with Gasteiger partial charge in [0.1, 0.15) is 0 Å². The van der Waals surface area contributed by atoms with Crippen LogP contribution in [0.1, 0.15) is 10.4 Å². The lowest BCUT2D eigenvalue weighted by Crippen LogP contribution is -2.11. The molecule has 0 unspecified atom stereocenters. The number of carbonyl (C=O) groups excluding carboxylic acids is 1. The van der Waals surface area contributed by atoms with E-state index in [0.717, 1.165) is 15.8 Å². The van der Waals surface area contributed by atoms with E-state index in [4.69, 9.17) is 0 Å². The molecular formula is C16H12BrN3O. The number of halogens is 1. The van der Waals surface area contributed by atoms with Gasteiger partial charge in [0.2, 0.25) is 0 Å². The number of benzene rings is 2. The molecule has 0 fully saturated rings. The molecule has 3 rings (SSSR count). The Balaban J connectivity index is 1.76. The van der Waals surface area contributed by atoms with Crippen LogP contribution in [0.4, 0.5) is 5.69 Å². The molecule has 2 aromatic carbocycles. The van der Waals surface area contributed by atoms with Gasteiger partial charge in [-0.1, -0.05) is 22.0 Å².